The lowest BCUT2D eigenvalue weighted by Gasteiger charge is -2.41. The Hall–Kier alpha value is -3.91. The summed E-state index contributed by atoms with van der Waals surface area (Å²) >= 11 is 0. The Balaban J connectivity index is 1.82. The third-order valence-corrected chi connectivity index (χ3v) is 6.14. The number of methoxy groups -OCH3 is 3. The predicted octanol–water partition coefficient (Wildman–Crippen LogP) is 4.41. The minimum atomic E-state index is -0.766. The average Bonchev–Trinajstić information content (AvgIpc) is 2.88. The van der Waals surface area contributed by atoms with Crippen LogP contribution in [0.3, 0.4) is 0 Å². The van der Waals surface area contributed by atoms with E-state index in [2.05, 4.69) is 5.32 Å². The lowest BCUT2D eigenvalue weighted by molar-refractivity contribution is -0.119. The van der Waals surface area contributed by atoms with Gasteiger partial charge in [0, 0.05) is 25.3 Å². The van der Waals surface area contributed by atoms with E-state index >= 15 is 0 Å². The zero-order chi connectivity index (χ0) is 24.9. The molecule has 1 aliphatic heterocycles. The summed E-state index contributed by atoms with van der Waals surface area (Å²) < 4.78 is 29.7. The van der Waals surface area contributed by atoms with E-state index in [1.165, 1.54) is 19.2 Å². The van der Waals surface area contributed by atoms with Crippen molar-refractivity contribution in [3.8, 4) is 11.5 Å². The summed E-state index contributed by atoms with van der Waals surface area (Å²) in [6, 6.07) is 17.4. The van der Waals surface area contributed by atoms with Gasteiger partial charge in [0.1, 0.15) is 17.3 Å². The van der Waals surface area contributed by atoms with Gasteiger partial charge >= 0.3 is 0 Å². The number of carbonyl (C=O) groups excluding carboxylic acids is 2. The monoisotopic (exact) mass is 478 g/mol. The first kappa shape index (κ1) is 24.2. The average molecular weight is 479 g/mol. The zero-order valence-corrected chi connectivity index (χ0v) is 19.8. The van der Waals surface area contributed by atoms with Gasteiger partial charge in [0.15, 0.2) is 0 Å². The molecule has 3 aromatic carbocycles. The Morgan fingerprint density at radius 2 is 1.74 bits per heavy atom. The van der Waals surface area contributed by atoms with Crippen molar-refractivity contribution < 1.29 is 28.2 Å². The molecule has 1 aliphatic rings. The van der Waals surface area contributed by atoms with Crippen LogP contribution in [-0.2, 0) is 9.53 Å². The smallest absolute Gasteiger partial charge is 0.254 e. The number of hydrogen-bond acceptors (Lipinski definition) is 5. The molecule has 2 unspecified atom stereocenters. The standard InChI is InChI=1S/C27H27FN2O5/c1-33-15-14-30-25(17-8-10-18(28)11-9-17)24(20-6-4-5-7-21(20)27(30)32)26(31)29-22-13-12-19(34-2)16-23(22)35-3/h4-13,16,24-25H,14-15H2,1-3H3,(H,29,31). The number of ether oxygens (including phenoxy) is 3. The SMILES string of the molecule is COCCN1C(=O)c2ccccc2C(C(=O)Nc2ccc(OC)cc2OC)C1c1ccc(F)cc1. The molecule has 1 N–H and O–H groups in total. The summed E-state index contributed by atoms with van der Waals surface area (Å²) in [5.41, 5.74) is 2.16. The van der Waals surface area contributed by atoms with Crippen LogP contribution in [0.25, 0.3) is 0 Å². The highest BCUT2D eigenvalue weighted by Crippen LogP contribution is 2.43. The molecule has 0 saturated carbocycles. The summed E-state index contributed by atoms with van der Waals surface area (Å²) in [6.07, 6.45) is 0. The molecule has 0 aromatic heterocycles. The van der Waals surface area contributed by atoms with Gasteiger partial charge in [-0.1, -0.05) is 30.3 Å². The van der Waals surface area contributed by atoms with Gasteiger partial charge in [0.25, 0.3) is 5.91 Å². The van der Waals surface area contributed by atoms with Crippen LogP contribution in [-0.4, -0.2) is 51.2 Å². The first-order valence-corrected chi connectivity index (χ1v) is 11.2. The zero-order valence-electron chi connectivity index (χ0n) is 19.8. The van der Waals surface area contributed by atoms with Crippen molar-refractivity contribution in [3.63, 3.8) is 0 Å². The Bertz CT molecular complexity index is 1210. The lowest BCUT2D eigenvalue weighted by Crippen LogP contribution is -2.47. The minimum Gasteiger partial charge on any atom is -0.497 e. The summed E-state index contributed by atoms with van der Waals surface area (Å²) in [5, 5.41) is 2.96. The van der Waals surface area contributed by atoms with Crippen LogP contribution >= 0.6 is 0 Å². The molecular formula is C27H27FN2O5. The lowest BCUT2D eigenvalue weighted by atomic mass is 9.79. The molecule has 0 fully saturated rings. The van der Waals surface area contributed by atoms with Crippen molar-refractivity contribution in [3.05, 3.63) is 89.2 Å². The van der Waals surface area contributed by atoms with Crippen LogP contribution in [0.15, 0.2) is 66.7 Å². The van der Waals surface area contributed by atoms with E-state index < -0.39 is 17.8 Å². The summed E-state index contributed by atoms with van der Waals surface area (Å²) in [7, 11) is 4.60. The molecule has 0 aliphatic carbocycles. The van der Waals surface area contributed by atoms with Crippen molar-refractivity contribution in [1.29, 1.82) is 0 Å². The number of anilines is 1. The van der Waals surface area contributed by atoms with Gasteiger partial charge in [-0.3, -0.25) is 9.59 Å². The van der Waals surface area contributed by atoms with E-state index in [-0.39, 0.29) is 25.0 Å². The molecule has 35 heavy (non-hydrogen) atoms. The Kier molecular flexibility index (Phi) is 7.31. The molecule has 1 heterocycles. The highest BCUT2D eigenvalue weighted by Gasteiger charge is 2.44. The van der Waals surface area contributed by atoms with Gasteiger partial charge in [0.05, 0.1) is 38.5 Å². The van der Waals surface area contributed by atoms with Crippen molar-refractivity contribution in [1.82, 2.24) is 4.90 Å². The first-order valence-electron chi connectivity index (χ1n) is 11.2. The molecule has 0 spiro atoms. The fourth-order valence-corrected chi connectivity index (χ4v) is 4.45. The number of hydrogen-bond donors (Lipinski definition) is 1. The molecule has 8 heteroatoms. The maximum Gasteiger partial charge on any atom is 0.254 e. The van der Waals surface area contributed by atoms with Gasteiger partial charge in [-0.15, -0.1) is 0 Å². The topological polar surface area (TPSA) is 77.1 Å². The second-order valence-electron chi connectivity index (χ2n) is 8.11. The van der Waals surface area contributed by atoms with Crippen molar-refractivity contribution >= 4 is 17.5 Å². The fourth-order valence-electron chi connectivity index (χ4n) is 4.45. The van der Waals surface area contributed by atoms with Crippen LogP contribution in [0.5, 0.6) is 11.5 Å². The van der Waals surface area contributed by atoms with E-state index in [0.717, 1.165) is 0 Å². The van der Waals surface area contributed by atoms with Gasteiger partial charge < -0.3 is 24.4 Å². The molecule has 7 nitrogen and oxygen atoms in total. The molecule has 182 valence electrons. The predicted molar refractivity (Wildman–Crippen MR) is 129 cm³/mol. The Morgan fingerprint density at radius 3 is 2.43 bits per heavy atom. The van der Waals surface area contributed by atoms with Gasteiger partial charge in [-0.25, -0.2) is 4.39 Å². The summed E-state index contributed by atoms with van der Waals surface area (Å²) in [4.78, 5) is 29.0. The molecule has 0 radical (unpaired) electrons. The minimum absolute atomic E-state index is 0.210. The van der Waals surface area contributed by atoms with Gasteiger partial charge in [-0.2, -0.15) is 0 Å². The maximum absolute atomic E-state index is 13.9. The summed E-state index contributed by atoms with van der Waals surface area (Å²) in [6.45, 7) is 0.549. The largest absolute Gasteiger partial charge is 0.497 e. The second kappa shape index (κ2) is 10.6. The Labute approximate surface area is 203 Å². The number of benzene rings is 3. The number of carbonyl (C=O) groups is 2. The number of halogens is 1. The summed E-state index contributed by atoms with van der Waals surface area (Å²) in [5.74, 6) is -0.680. The molecule has 2 amide bonds. The molecular weight excluding hydrogens is 451 g/mol. The van der Waals surface area contributed by atoms with Crippen LogP contribution < -0.4 is 14.8 Å². The first-order chi connectivity index (χ1) is 17.0. The van der Waals surface area contributed by atoms with E-state index in [4.69, 9.17) is 14.2 Å². The number of nitrogens with one attached hydrogen (secondary N) is 1. The van der Waals surface area contributed by atoms with Crippen LogP contribution in [0.2, 0.25) is 0 Å². The number of fused-ring (bicyclic) bond motifs is 1. The van der Waals surface area contributed by atoms with E-state index in [1.54, 1.807) is 73.7 Å². The maximum atomic E-state index is 13.9. The highest BCUT2D eigenvalue weighted by molar-refractivity contribution is 6.04. The molecule has 2 atom stereocenters. The van der Waals surface area contributed by atoms with Crippen LogP contribution in [0.1, 0.15) is 33.4 Å². The van der Waals surface area contributed by atoms with Crippen molar-refractivity contribution in [2.45, 2.75) is 12.0 Å². The normalized spacial score (nSPS) is 17.0. The number of amides is 2. The van der Waals surface area contributed by atoms with Crippen molar-refractivity contribution in [2.24, 2.45) is 0 Å². The van der Waals surface area contributed by atoms with Crippen molar-refractivity contribution in [2.75, 3.05) is 39.8 Å². The third-order valence-electron chi connectivity index (χ3n) is 6.14. The fraction of sp³-hybridized carbons (Fsp3) is 0.259. The number of rotatable bonds is 8. The molecule has 0 saturated heterocycles. The third kappa shape index (κ3) is 4.83. The van der Waals surface area contributed by atoms with E-state index in [9.17, 15) is 14.0 Å². The van der Waals surface area contributed by atoms with E-state index in [0.29, 0.717) is 33.9 Å². The highest BCUT2D eigenvalue weighted by atomic mass is 19.1. The Morgan fingerprint density at radius 1 is 1.00 bits per heavy atom. The number of nitrogens with zero attached hydrogens (tertiary/aromatic N) is 1. The van der Waals surface area contributed by atoms with Crippen LogP contribution in [0.4, 0.5) is 10.1 Å². The van der Waals surface area contributed by atoms with E-state index in [1.807, 2.05) is 0 Å². The van der Waals surface area contributed by atoms with Gasteiger partial charge in [0.2, 0.25) is 5.91 Å². The molecule has 3 aromatic rings. The molecule has 4 rings (SSSR count). The second-order valence-corrected chi connectivity index (χ2v) is 8.11. The van der Waals surface area contributed by atoms with Crippen LogP contribution in [0, 0.1) is 5.82 Å². The van der Waals surface area contributed by atoms with Gasteiger partial charge in [-0.05, 0) is 41.5 Å². The quantitative estimate of drug-likeness (QED) is 0.519. The molecule has 0 bridgehead atoms.